The first-order chi connectivity index (χ1) is 7.63. The monoisotopic (exact) mass is 227 g/mol. The van der Waals surface area contributed by atoms with Crippen LogP contribution in [0.2, 0.25) is 0 Å². The highest BCUT2D eigenvalue weighted by molar-refractivity contribution is 4.87. The van der Waals surface area contributed by atoms with Gasteiger partial charge in [0, 0.05) is 6.04 Å². The van der Waals surface area contributed by atoms with Crippen molar-refractivity contribution in [3.8, 4) is 0 Å². The normalized spacial score (nSPS) is 30.9. The molecule has 0 aromatic heterocycles. The highest BCUT2D eigenvalue weighted by Crippen LogP contribution is 2.30. The van der Waals surface area contributed by atoms with Crippen LogP contribution < -0.4 is 5.32 Å². The molecule has 2 N–H and O–H groups in total. The molecular weight excluding hydrogens is 198 g/mol. The highest BCUT2D eigenvalue weighted by atomic mass is 16.3. The molecule has 0 aromatic carbocycles. The molecule has 0 radical (unpaired) electrons. The maximum absolute atomic E-state index is 10.1. The first-order valence-electron chi connectivity index (χ1n) is 7.09. The summed E-state index contributed by atoms with van der Waals surface area (Å²) in [5, 5.41) is 13.8. The van der Waals surface area contributed by atoms with E-state index in [1.54, 1.807) is 0 Å². The van der Waals surface area contributed by atoms with Crippen LogP contribution in [0.5, 0.6) is 0 Å². The Labute approximate surface area is 101 Å². The van der Waals surface area contributed by atoms with Crippen LogP contribution in [0.15, 0.2) is 0 Å². The van der Waals surface area contributed by atoms with E-state index in [1.807, 2.05) is 0 Å². The molecule has 96 valence electrons. The summed E-state index contributed by atoms with van der Waals surface area (Å²) in [5.74, 6) is 0.826. The third-order valence-corrected chi connectivity index (χ3v) is 4.42. The van der Waals surface area contributed by atoms with E-state index in [-0.39, 0.29) is 5.60 Å². The van der Waals surface area contributed by atoms with Crippen LogP contribution >= 0.6 is 0 Å². The zero-order valence-corrected chi connectivity index (χ0v) is 11.3. The molecule has 1 aliphatic rings. The topological polar surface area (TPSA) is 32.3 Å². The summed E-state index contributed by atoms with van der Waals surface area (Å²) in [6.45, 7) is 7.79. The lowest BCUT2D eigenvalue weighted by atomic mass is 9.80. The fraction of sp³-hybridized carbons (Fsp3) is 1.00. The van der Waals surface area contributed by atoms with Crippen molar-refractivity contribution >= 4 is 0 Å². The Morgan fingerprint density at radius 2 is 1.75 bits per heavy atom. The molecule has 1 saturated carbocycles. The van der Waals surface area contributed by atoms with Crippen molar-refractivity contribution in [2.45, 2.75) is 77.4 Å². The molecule has 0 saturated heterocycles. The summed E-state index contributed by atoms with van der Waals surface area (Å²) in [5.41, 5.74) is -0.354. The number of nitrogens with one attached hydrogen (secondary N) is 1. The van der Waals surface area contributed by atoms with Gasteiger partial charge in [-0.1, -0.05) is 33.6 Å². The van der Waals surface area contributed by atoms with E-state index in [9.17, 15) is 5.11 Å². The van der Waals surface area contributed by atoms with Crippen LogP contribution in [0, 0.1) is 5.92 Å². The minimum Gasteiger partial charge on any atom is -0.390 e. The van der Waals surface area contributed by atoms with Crippen molar-refractivity contribution in [2.24, 2.45) is 5.92 Å². The zero-order valence-electron chi connectivity index (χ0n) is 11.3. The lowest BCUT2D eigenvalue weighted by molar-refractivity contribution is -0.00708. The van der Waals surface area contributed by atoms with Crippen LogP contribution in [-0.4, -0.2) is 23.3 Å². The second-order valence-corrected chi connectivity index (χ2v) is 5.44. The SMILES string of the molecule is CCC(CC)CNC1CCC(O)(CC)CC1. The third kappa shape index (κ3) is 4.06. The van der Waals surface area contributed by atoms with Gasteiger partial charge in [-0.2, -0.15) is 0 Å². The van der Waals surface area contributed by atoms with Crippen LogP contribution in [-0.2, 0) is 0 Å². The minimum absolute atomic E-state index is 0.354. The summed E-state index contributed by atoms with van der Waals surface area (Å²) < 4.78 is 0. The Hall–Kier alpha value is -0.0800. The largest absolute Gasteiger partial charge is 0.390 e. The molecule has 0 atom stereocenters. The molecule has 0 unspecified atom stereocenters. The first-order valence-corrected chi connectivity index (χ1v) is 7.09. The average molecular weight is 227 g/mol. The van der Waals surface area contributed by atoms with Gasteiger partial charge in [-0.05, 0) is 44.6 Å². The van der Waals surface area contributed by atoms with Gasteiger partial charge in [0.05, 0.1) is 5.60 Å². The number of hydrogen-bond acceptors (Lipinski definition) is 2. The average Bonchev–Trinajstić information content (AvgIpc) is 2.33. The second-order valence-electron chi connectivity index (χ2n) is 5.44. The summed E-state index contributed by atoms with van der Waals surface area (Å²) in [7, 11) is 0. The zero-order chi connectivity index (χ0) is 12.0. The summed E-state index contributed by atoms with van der Waals surface area (Å²) in [6.07, 6.45) is 7.69. The maximum Gasteiger partial charge on any atom is 0.0646 e. The Bertz CT molecular complexity index is 181. The lowest BCUT2D eigenvalue weighted by Crippen LogP contribution is -2.42. The van der Waals surface area contributed by atoms with E-state index in [2.05, 4.69) is 26.1 Å². The Morgan fingerprint density at radius 3 is 2.19 bits per heavy atom. The van der Waals surface area contributed by atoms with E-state index in [1.165, 1.54) is 12.8 Å². The van der Waals surface area contributed by atoms with Crippen molar-refractivity contribution in [3.05, 3.63) is 0 Å². The van der Waals surface area contributed by atoms with Gasteiger partial charge >= 0.3 is 0 Å². The molecule has 2 heteroatoms. The van der Waals surface area contributed by atoms with Crippen molar-refractivity contribution in [3.63, 3.8) is 0 Å². The molecule has 1 aliphatic carbocycles. The van der Waals surface area contributed by atoms with Crippen LogP contribution in [0.3, 0.4) is 0 Å². The van der Waals surface area contributed by atoms with E-state index in [0.29, 0.717) is 6.04 Å². The molecule has 0 amide bonds. The van der Waals surface area contributed by atoms with Gasteiger partial charge in [0.1, 0.15) is 0 Å². The molecule has 0 spiro atoms. The minimum atomic E-state index is -0.354. The Morgan fingerprint density at radius 1 is 1.19 bits per heavy atom. The van der Waals surface area contributed by atoms with Crippen LogP contribution in [0.1, 0.15) is 65.7 Å². The van der Waals surface area contributed by atoms with Gasteiger partial charge in [-0.3, -0.25) is 0 Å². The van der Waals surface area contributed by atoms with E-state index in [4.69, 9.17) is 0 Å². The summed E-state index contributed by atoms with van der Waals surface area (Å²) >= 11 is 0. The fourth-order valence-corrected chi connectivity index (χ4v) is 2.62. The lowest BCUT2D eigenvalue weighted by Gasteiger charge is -2.36. The molecule has 16 heavy (non-hydrogen) atoms. The number of rotatable bonds is 6. The van der Waals surface area contributed by atoms with Crippen LogP contribution in [0.25, 0.3) is 0 Å². The second kappa shape index (κ2) is 6.61. The van der Waals surface area contributed by atoms with Gasteiger partial charge in [-0.15, -0.1) is 0 Å². The summed E-state index contributed by atoms with van der Waals surface area (Å²) in [6, 6.07) is 0.646. The molecular formula is C14H29NO. The molecule has 0 aliphatic heterocycles. The van der Waals surface area contributed by atoms with Gasteiger partial charge < -0.3 is 10.4 Å². The summed E-state index contributed by atoms with van der Waals surface area (Å²) in [4.78, 5) is 0. The van der Waals surface area contributed by atoms with Crippen molar-refractivity contribution in [2.75, 3.05) is 6.54 Å². The van der Waals surface area contributed by atoms with Gasteiger partial charge in [0.15, 0.2) is 0 Å². The van der Waals surface area contributed by atoms with Crippen molar-refractivity contribution < 1.29 is 5.11 Å². The predicted molar refractivity (Wildman–Crippen MR) is 69.6 cm³/mol. The molecule has 0 aromatic rings. The smallest absolute Gasteiger partial charge is 0.0646 e. The van der Waals surface area contributed by atoms with Gasteiger partial charge in [-0.25, -0.2) is 0 Å². The Kier molecular flexibility index (Phi) is 5.77. The molecule has 0 bridgehead atoms. The maximum atomic E-state index is 10.1. The van der Waals surface area contributed by atoms with Gasteiger partial charge in [0.25, 0.3) is 0 Å². The molecule has 1 rings (SSSR count). The van der Waals surface area contributed by atoms with E-state index in [0.717, 1.165) is 44.6 Å². The first kappa shape index (κ1) is 14.0. The highest BCUT2D eigenvalue weighted by Gasteiger charge is 2.31. The van der Waals surface area contributed by atoms with Crippen molar-refractivity contribution in [1.29, 1.82) is 0 Å². The molecule has 1 fully saturated rings. The third-order valence-electron chi connectivity index (χ3n) is 4.42. The predicted octanol–water partition coefficient (Wildman–Crippen LogP) is 3.10. The van der Waals surface area contributed by atoms with Gasteiger partial charge in [0.2, 0.25) is 0 Å². The fourth-order valence-electron chi connectivity index (χ4n) is 2.62. The number of aliphatic hydroxyl groups is 1. The molecule has 2 nitrogen and oxygen atoms in total. The van der Waals surface area contributed by atoms with E-state index < -0.39 is 0 Å². The standard InChI is InChI=1S/C14H29NO/c1-4-12(5-2)11-15-13-7-9-14(16,6-3)10-8-13/h12-13,15-16H,4-11H2,1-3H3. The Balaban J connectivity index is 2.22. The van der Waals surface area contributed by atoms with Crippen LogP contribution in [0.4, 0.5) is 0 Å². The van der Waals surface area contributed by atoms with Crippen molar-refractivity contribution in [1.82, 2.24) is 5.32 Å². The number of hydrogen-bond donors (Lipinski definition) is 2. The quantitative estimate of drug-likeness (QED) is 0.731. The van der Waals surface area contributed by atoms with E-state index >= 15 is 0 Å². The molecule has 0 heterocycles.